The zero-order valence-corrected chi connectivity index (χ0v) is 8.33. The summed E-state index contributed by atoms with van der Waals surface area (Å²) in [6.07, 6.45) is 0. The zero-order valence-electron chi connectivity index (χ0n) is 8.33. The van der Waals surface area contributed by atoms with E-state index in [0.29, 0.717) is 11.3 Å². The third-order valence-electron chi connectivity index (χ3n) is 2.00. The second kappa shape index (κ2) is 4.00. The molecule has 0 spiro atoms. The maximum Gasteiger partial charge on any atom is 0.342 e. The van der Waals surface area contributed by atoms with E-state index in [1.807, 2.05) is 0 Å². The average molecular weight is 196 g/mol. The molecule has 14 heavy (non-hydrogen) atoms. The van der Waals surface area contributed by atoms with Gasteiger partial charge in [-0.15, -0.1) is 0 Å². The average Bonchev–Trinajstić information content (AvgIpc) is 2.18. The quantitative estimate of drug-likeness (QED) is 0.728. The Hall–Kier alpha value is -1.71. The normalized spacial score (nSPS) is 9.64. The predicted molar refractivity (Wildman–Crippen MR) is 50.7 cm³/mol. The van der Waals surface area contributed by atoms with Crippen LogP contribution in [-0.2, 0) is 4.74 Å². The SMILES string of the molecule is COC(=O)c1c(O)ccc(OC)c1C. The Bertz CT molecular complexity index is 357. The van der Waals surface area contributed by atoms with Crippen LogP contribution in [0.3, 0.4) is 0 Å². The van der Waals surface area contributed by atoms with Crippen LogP contribution in [0, 0.1) is 6.92 Å². The molecule has 0 aliphatic heterocycles. The Morgan fingerprint density at radius 1 is 1.36 bits per heavy atom. The highest BCUT2D eigenvalue weighted by molar-refractivity contribution is 5.94. The van der Waals surface area contributed by atoms with Crippen LogP contribution in [0.4, 0.5) is 0 Å². The topological polar surface area (TPSA) is 55.8 Å². The molecule has 0 amide bonds. The van der Waals surface area contributed by atoms with Gasteiger partial charge in [0.1, 0.15) is 17.1 Å². The first-order valence-electron chi connectivity index (χ1n) is 4.06. The summed E-state index contributed by atoms with van der Waals surface area (Å²) >= 11 is 0. The molecule has 1 aromatic carbocycles. The lowest BCUT2D eigenvalue weighted by molar-refractivity contribution is 0.0596. The van der Waals surface area contributed by atoms with Crippen LogP contribution < -0.4 is 4.74 Å². The van der Waals surface area contributed by atoms with Crippen molar-refractivity contribution in [2.75, 3.05) is 14.2 Å². The van der Waals surface area contributed by atoms with Gasteiger partial charge in [0, 0.05) is 5.56 Å². The molecule has 0 saturated heterocycles. The summed E-state index contributed by atoms with van der Waals surface area (Å²) in [5.41, 5.74) is 0.714. The van der Waals surface area contributed by atoms with E-state index in [0.717, 1.165) is 0 Å². The number of phenolic OH excluding ortho intramolecular Hbond substituents is 1. The van der Waals surface area contributed by atoms with Gasteiger partial charge in [0.2, 0.25) is 0 Å². The molecule has 1 N–H and O–H groups in total. The fraction of sp³-hybridized carbons (Fsp3) is 0.300. The molecule has 0 aliphatic carbocycles. The fourth-order valence-corrected chi connectivity index (χ4v) is 1.26. The molecule has 0 aromatic heterocycles. The maximum absolute atomic E-state index is 11.3. The van der Waals surface area contributed by atoms with E-state index in [-0.39, 0.29) is 11.3 Å². The Morgan fingerprint density at radius 3 is 2.50 bits per heavy atom. The molecular weight excluding hydrogens is 184 g/mol. The summed E-state index contributed by atoms with van der Waals surface area (Å²) in [6, 6.07) is 3.00. The standard InChI is InChI=1S/C10H12O4/c1-6-8(13-2)5-4-7(11)9(6)10(12)14-3/h4-5,11H,1-3H3. The molecule has 1 rings (SSSR count). The molecule has 0 bridgehead atoms. The minimum absolute atomic E-state index is 0.102. The number of carbonyl (C=O) groups excluding carboxylic acids is 1. The van der Waals surface area contributed by atoms with Crippen LogP contribution in [0.2, 0.25) is 0 Å². The Balaban J connectivity index is 3.32. The molecular formula is C10H12O4. The Morgan fingerprint density at radius 2 is 2.00 bits per heavy atom. The summed E-state index contributed by atoms with van der Waals surface area (Å²) in [5.74, 6) is -0.128. The van der Waals surface area contributed by atoms with Crippen molar-refractivity contribution in [2.24, 2.45) is 0 Å². The van der Waals surface area contributed by atoms with Crippen molar-refractivity contribution in [3.8, 4) is 11.5 Å². The minimum atomic E-state index is -0.570. The van der Waals surface area contributed by atoms with Crippen LogP contribution in [0.25, 0.3) is 0 Å². The van der Waals surface area contributed by atoms with Crippen LogP contribution >= 0.6 is 0 Å². The van der Waals surface area contributed by atoms with Crippen molar-refractivity contribution in [3.05, 3.63) is 23.3 Å². The molecule has 1 aromatic rings. The van der Waals surface area contributed by atoms with Gasteiger partial charge in [0.15, 0.2) is 0 Å². The zero-order chi connectivity index (χ0) is 10.7. The lowest BCUT2D eigenvalue weighted by Crippen LogP contribution is -2.05. The van der Waals surface area contributed by atoms with Gasteiger partial charge in [-0.25, -0.2) is 4.79 Å². The van der Waals surface area contributed by atoms with Gasteiger partial charge in [0.05, 0.1) is 14.2 Å². The number of rotatable bonds is 2. The second-order valence-electron chi connectivity index (χ2n) is 2.78. The summed E-state index contributed by atoms with van der Waals surface area (Å²) in [5, 5.41) is 9.46. The molecule has 76 valence electrons. The van der Waals surface area contributed by atoms with Gasteiger partial charge in [0.25, 0.3) is 0 Å². The van der Waals surface area contributed by atoms with E-state index < -0.39 is 5.97 Å². The predicted octanol–water partition coefficient (Wildman–Crippen LogP) is 1.50. The number of carbonyl (C=O) groups is 1. The summed E-state index contributed by atoms with van der Waals surface area (Å²) in [6.45, 7) is 1.69. The second-order valence-corrected chi connectivity index (χ2v) is 2.78. The summed E-state index contributed by atoms with van der Waals surface area (Å²) in [7, 11) is 2.77. The van der Waals surface area contributed by atoms with E-state index in [1.165, 1.54) is 20.3 Å². The molecule has 0 unspecified atom stereocenters. The van der Waals surface area contributed by atoms with Crippen LogP contribution in [0.5, 0.6) is 11.5 Å². The number of benzene rings is 1. The number of methoxy groups -OCH3 is 2. The summed E-state index contributed by atoms with van der Waals surface area (Å²) in [4.78, 5) is 11.3. The number of hydrogen-bond acceptors (Lipinski definition) is 4. The molecule has 0 fully saturated rings. The van der Waals surface area contributed by atoms with Crippen molar-refractivity contribution in [1.82, 2.24) is 0 Å². The van der Waals surface area contributed by atoms with Crippen molar-refractivity contribution in [3.63, 3.8) is 0 Å². The van der Waals surface area contributed by atoms with Gasteiger partial charge in [-0.2, -0.15) is 0 Å². The smallest absolute Gasteiger partial charge is 0.342 e. The number of phenols is 1. The monoisotopic (exact) mass is 196 g/mol. The first-order chi connectivity index (χ1) is 6.61. The Labute approximate surface area is 82.1 Å². The number of aromatic hydroxyl groups is 1. The van der Waals surface area contributed by atoms with Gasteiger partial charge in [-0.3, -0.25) is 0 Å². The minimum Gasteiger partial charge on any atom is -0.507 e. The van der Waals surface area contributed by atoms with Crippen molar-refractivity contribution in [2.45, 2.75) is 6.92 Å². The molecule has 0 radical (unpaired) electrons. The largest absolute Gasteiger partial charge is 0.507 e. The molecule has 4 heteroatoms. The van der Waals surface area contributed by atoms with Crippen molar-refractivity contribution < 1.29 is 19.4 Å². The van der Waals surface area contributed by atoms with E-state index in [4.69, 9.17) is 4.74 Å². The third kappa shape index (κ3) is 1.64. The highest BCUT2D eigenvalue weighted by Crippen LogP contribution is 2.29. The Kier molecular flexibility index (Phi) is 2.96. The maximum atomic E-state index is 11.3. The highest BCUT2D eigenvalue weighted by Gasteiger charge is 2.17. The van der Waals surface area contributed by atoms with E-state index in [1.54, 1.807) is 13.0 Å². The van der Waals surface area contributed by atoms with E-state index in [2.05, 4.69) is 4.74 Å². The van der Waals surface area contributed by atoms with Crippen molar-refractivity contribution >= 4 is 5.97 Å². The molecule has 0 heterocycles. The highest BCUT2D eigenvalue weighted by atomic mass is 16.5. The van der Waals surface area contributed by atoms with E-state index in [9.17, 15) is 9.90 Å². The number of ether oxygens (including phenoxy) is 2. The van der Waals surface area contributed by atoms with Gasteiger partial charge in [-0.05, 0) is 19.1 Å². The van der Waals surface area contributed by atoms with Gasteiger partial charge in [-0.1, -0.05) is 0 Å². The third-order valence-corrected chi connectivity index (χ3v) is 2.00. The van der Waals surface area contributed by atoms with Gasteiger partial charge >= 0.3 is 5.97 Å². The first-order valence-corrected chi connectivity index (χ1v) is 4.06. The van der Waals surface area contributed by atoms with Crippen LogP contribution in [-0.4, -0.2) is 25.3 Å². The molecule has 4 nitrogen and oxygen atoms in total. The molecule has 0 saturated carbocycles. The van der Waals surface area contributed by atoms with Crippen LogP contribution in [0.15, 0.2) is 12.1 Å². The van der Waals surface area contributed by atoms with Crippen LogP contribution in [0.1, 0.15) is 15.9 Å². The lowest BCUT2D eigenvalue weighted by Gasteiger charge is -2.10. The first kappa shape index (κ1) is 10.4. The molecule has 0 atom stereocenters. The number of esters is 1. The molecule has 0 aliphatic rings. The van der Waals surface area contributed by atoms with Gasteiger partial charge < -0.3 is 14.6 Å². The lowest BCUT2D eigenvalue weighted by atomic mass is 10.1. The fourth-order valence-electron chi connectivity index (χ4n) is 1.26. The van der Waals surface area contributed by atoms with E-state index >= 15 is 0 Å². The number of hydrogen-bond donors (Lipinski definition) is 1. The van der Waals surface area contributed by atoms with Crippen molar-refractivity contribution in [1.29, 1.82) is 0 Å². The summed E-state index contributed by atoms with van der Waals surface area (Å²) < 4.78 is 9.56.